The van der Waals surface area contributed by atoms with Gasteiger partial charge < -0.3 is 14.8 Å². The van der Waals surface area contributed by atoms with Gasteiger partial charge in [0.1, 0.15) is 5.75 Å². The lowest BCUT2D eigenvalue weighted by Crippen LogP contribution is -2.12. The number of nitrogens with one attached hydrogen (secondary N) is 1. The van der Waals surface area contributed by atoms with E-state index in [2.05, 4.69) is 28.2 Å². The molecule has 0 unspecified atom stereocenters. The molecule has 156 valence electrons. The molecule has 0 radical (unpaired) electrons. The van der Waals surface area contributed by atoms with Gasteiger partial charge in [-0.2, -0.15) is 0 Å². The van der Waals surface area contributed by atoms with Crippen LogP contribution in [0, 0.1) is 0 Å². The molecule has 0 aliphatic rings. The van der Waals surface area contributed by atoms with Gasteiger partial charge in [0.15, 0.2) is 0 Å². The number of benzene rings is 2. The van der Waals surface area contributed by atoms with E-state index in [9.17, 15) is 9.59 Å². The van der Waals surface area contributed by atoms with Crippen molar-refractivity contribution in [1.82, 2.24) is 0 Å². The van der Waals surface area contributed by atoms with Crippen molar-refractivity contribution in [3.63, 3.8) is 0 Å². The summed E-state index contributed by atoms with van der Waals surface area (Å²) < 4.78 is 11.6. The molecule has 0 heterocycles. The van der Waals surface area contributed by atoms with Gasteiger partial charge in [-0.3, -0.25) is 4.79 Å². The van der Waals surface area contributed by atoms with Gasteiger partial charge in [-0.15, -0.1) is 0 Å². The van der Waals surface area contributed by atoms with Gasteiger partial charge in [0, 0.05) is 11.3 Å². The zero-order valence-electron chi connectivity index (χ0n) is 17.0. The fraction of sp³-hybridized carbons (Fsp3) is 0.391. The molecule has 0 saturated carbocycles. The lowest BCUT2D eigenvalue weighted by molar-refractivity contribution is 0.0505. The maximum atomic E-state index is 12.5. The van der Waals surface area contributed by atoms with Gasteiger partial charge in [-0.25, -0.2) is 4.79 Å². The molecular formula is C23H28BrNO4. The Morgan fingerprint density at radius 2 is 1.62 bits per heavy atom. The van der Waals surface area contributed by atoms with Gasteiger partial charge >= 0.3 is 5.97 Å². The lowest BCUT2D eigenvalue weighted by Gasteiger charge is -2.10. The van der Waals surface area contributed by atoms with Gasteiger partial charge in [0.25, 0.3) is 5.91 Å². The maximum absolute atomic E-state index is 12.5. The van der Waals surface area contributed by atoms with Gasteiger partial charge in [-0.05, 0) is 71.2 Å². The van der Waals surface area contributed by atoms with Crippen molar-refractivity contribution in [1.29, 1.82) is 0 Å². The van der Waals surface area contributed by atoms with E-state index in [4.69, 9.17) is 9.47 Å². The Morgan fingerprint density at radius 1 is 0.897 bits per heavy atom. The smallest absolute Gasteiger partial charge is 0.338 e. The Hall–Kier alpha value is -2.34. The maximum Gasteiger partial charge on any atom is 0.338 e. The highest BCUT2D eigenvalue weighted by molar-refractivity contribution is 9.10. The van der Waals surface area contributed by atoms with Crippen LogP contribution in [0.25, 0.3) is 0 Å². The lowest BCUT2D eigenvalue weighted by atomic mass is 10.1. The summed E-state index contributed by atoms with van der Waals surface area (Å²) >= 11 is 3.47. The molecule has 0 bridgehead atoms. The molecule has 1 N–H and O–H groups in total. The monoisotopic (exact) mass is 461 g/mol. The van der Waals surface area contributed by atoms with Crippen LogP contribution in [0.3, 0.4) is 0 Å². The molecule has 0 aliphatic heterocycles. The molecule has 6 heteroatoms. The highest BCUT2D eigenvalue weighted by atomic mass is 79.9. The number of amides is 1. The quantitative estimate of drug-likeness (QED) is 0.318. The Kier molecular flexibility index (Phi) is 9.71. The summed E-state index contributed by atoms with van der Waals surface area (Å²) in [6.07, 6.45) is 5.36. The summed E-state index contributed by atoms with van der Waals surface area (Å²) in [5.41, 5.74) is 1.58. The van der Waals surface area contributed by atoms with Crippen molar-refractivity contribution in [2.75, 3.05) is 18.5 Å². The average molecular weight is 462 g/mol. The van der Waals surface area contributed by atoms with Crippen molar-refractivity contribution in [2.45, 2.75) is 46.0 Å². The predicted molar refractivity (Wildman–Crippen MR) is 119 cm³/mol. The molecule has 2 rings (SSSR count). The van der Waals surface area contributed by atoms with E-state index >= 15 is 0 Å². The van der Waals surface area contributed by atoms with Crippen LogP contribution in [0.1, 0.15) is 66.7 Å². The highest BCUT2D eigenvalue weighted by Gasteiger charge is 2.11. The van der Waals surface area contributed by atoms with E-state index in [1.165, 1.54) is 12.8 Å². The number of ether oxygens (including phenoxy) is 2. The summed E-state index contributed by atoms with van der Waals surface area (Å²) in [5.74, 6) is 0.133. The normalized spacial score (nSPS) is 10.4. The van der Waals surface area contributed by atoms with Crippen molar-refractivity contribution >= 4 is 33.5 Å². The predicted octanol–water partition coefficient (Wildman–Crippen LogP) is 6.23. The molecule has 0 aromatic heterocycles. The summed E-state index contributed by atoms with van der Waals surface area (Å²) in [7, 11) is 0. The zero-order chi connectivity index (χ0) is 21.1. The number of carbonyl (C=O) groups is 2. The molecule has 29 heavy (non-hydrogen) atoms. The fourth-order valence-electron chi connectivity index (χ4n) is 2.64. The van der Waals surface area contributed by atoms with E-state index in [1.54, 1.807) is 42.5 Å². The second-order valence-electron chi connectivity index (χ2n) is 6.72. The van der Waals surface area contributed by atoms with Crippen LogP contribution in [0.15, 0.2) is 46.9 Å². The minimum Gasteiger partial charge on any atom is -0.492 e. The Bertz CT molecular complexity index is 805. The number of anilines is 1. The second-order valence-corrected chi connectivity index (χ2v) is 7.58. The van der Waals surface area contributed by atoms with Crippen LogP contribution in [0.4, 0.5) is 5.69 Å². The number of rotatable bonds is 11. The molecule has 1 amide bonds. The summed E-state index contributed by atoms with van der Waals surface area (Å²) in [6, 6.07) is 11.9. The average Bonchev–Trinajstić information content (AvgIpc) is 2.73. The molecule has 2 aromatic carbocycles. The van der Waals surface area contributed by atoms with E-state index in [0.717, 1.165) is 29.5 Å². The van der Waals surface area contributed by atoms with E-state index < -0.39 is 0 Å². The van der Waals surface area contributed by atoms with Crippen molar-refractivity contribution < 1.29 is 19.1 Å². The van der Waals surface area contributed by atoms with Crippen molar-refractivity contribution in [3.8, 4) is 5.75 Å². The van der Waals surface area contributed by atoms with E-state index in [-0.39, 0.29) is 11.9 Å². The third-order valence-electron chi connectivity index (χ3n) is 4.27. The second kappa shape index (κ2) is 12.3. The number of hydrogen-bond acceptors (Lipinski definition) is 4. The molecule has 0 spiro atoms. The summed E-state index contributed by atoms with van der Waals surface area (Å²) in [6.45, 7) is 5.18. The third kappa shape index (κ3) is 7.54. The molecule has 2 aromatic rings. The van der Waals surface area contributed by atoms with Crippen molar-refractivity contribution in [2.24, 2.45) is 0 Å². The first-order chi connectivity index (χ1) is 14.0. The Labute approximate surface area is 180 Å². The van der Waals surface area contributed by atoms with Crippen LogP contribution >= 0.6 is 15.9 Å². The Morgan fingerprint density at radius 3 is 2.28 bits per heavy atom. The van der Waals surface area contributed by atoms with Crippen LogP contribution in [-0.2, 0) is 4.74 Å². The number of hydrogen-bond donors (Lipinski definition) is 1. The molecular weight excluding hydrogens is 434 g/mol. The van der Waals surface area contributed by atoms with E-state index in [1.807, 2.05) is 6.92 Å². The first kappa shape index (κ1) is 22.9. The van der Waals surface area contributed by atoms with Gasteiger partial charge in [-0.1, -0.05) is 33.1 Å². The highest BCUT2D eigenvalue weighted by Crippen LogP contribution is 2.27. The number of esters is 1. The fourth-order valence-corrected chi connectivity index (χ4v) is 3.13. The first-order valence-corrected chi connectivity index (χ1v) is 10.8. The third-order valence-corrected chi connectivity index (χ3v) is 4.88. The Balaban J connectivity index is 1.91. The van der Waals surface area contributed by atoms with E-state index in [0.29, 0.717) is 30.0 Å². The standard InChI is InChI=1S/C23H28BrNO4/c1-3-5-6-7-15-28-21-13-10-18(16-20(21)24)22(26)25-19-11-8-17(9-12-19)23(27)29-14-4-2/h8-13,16H,3-7,14-15H2,1-2H3,(H,25,26). The van der Waals surface area contributed by atoms with Crippen molar-refractivity contribution in [3.05, 3.63) is 58.1 Å². The van der Waals surface area contributed by atoms with Crippen LogP contribution in [0.5, 0.6) is 5.75 Å². The molecule has 0 fully saturated rings. The molecule has 0 aliphatic carbocycles. The minimum absolute atomic E-state index is 0.235. The van der Waals surface area contributed by atoms with Gasteiger partial charge in [0.2, 0.25) is 0 Å². The number of halogens is 1. The first-order valence-electron chi connectivity index (χ1n) is 10.1. The van der Waals surface area contributed by atoms with Gasteiger partial charge in [0.05, 0.1) is 23.2 Å². The SMILES string of the molecule is CCCCCCOc1ccc(C(=O)Nc2ccc(C(=O)OCCC)cc2)cc1Br. The van der Waals surface area contributed by atoms with Crippen LogP contribution < -0.4 is 10.1 Å². The number of unbranched alkanes of at least 4 members (excludes halogenated alkanes) is 3. The number of carbonyl (C=O) groups excluding carboxylic acids is 2. The molecule has 0 atom stereocenters. The minimum atomic E-state index is -0.362. The van der Waals surface area contributed by atoms with Crippen LogP contribution in [-0.4, -0.2) is 25.1 Å². The van der Waals surface area contributed by atoms with Crippen LogP contribution in [0.2, 0.25) is 0 Å². The topological polar surface area (TPSA) is 64.6 Å². The summed E-state index contributed by atoms with van der Waals surface area (Å²) in [5, 5.41) is 2.83. The molecule has 5 nitrogen and oxygen atoms in total. The largest absolute Gasteiger partial charge is 0.492 e. The molecule has 0 saturated heterocycles. The summed E-state index contributed by atoms with van der Waals surface area (Å²) in [4.78, 5) is 24.3. The zero-order valence-corrected chi connectivity index (χ0v) is 18.6.